The van der Waals surface area contributed by atoms with E-state index in [1.54, 1.807) is 18.7 Å². The second-order valence-corrected chi connectivity index (χ2v) is 9.34. The van der Waals surface area contributed by atoms with E-state index < -0.39 is 11.5 Å². The van der Waals surface area contributed by atoms with E-state index >= 15 is 0 Å². The maximum Gasteiger partial charge on any atom is 0.358 e. The number of benzene rings is 1. The van der Waals surface area contributed by atoms with E-state index in [0.717, 1.165) is 37.0 Å². The minimum atomic E-state index is -1.18. The van der Waals surface area contributed by atoms with Gasteiger partial charge in [-0.05, 0) is 51.3 Å². The quantitative estimate of drug-likeness (QED) is 0.579. The third-order valence-electron chi connectivity index (χ3n) is 6.79. The fraction of sp³-hybridized carbons (Fsp3) is 0.538. The third kappa shape index (κ3) is 5.18. The Balaban J connectivity index is 1.65. The van der Waals surface area contributed by atoms with Gasteiger partial charge in [0, 0.05) is 18.7 Å². The Hall–Kier alpha value is -3.36. The van der Waals surface area contributed by atoms with E-state index in [0.29, 0.717) is 6.61 Å². The molecule has 9 nitrogen and oxygen atoms in total. The SMILES string of the molecule is CCOC(=O)c1cc2n(n1)C[C@](C)(C(=O)NC1CCCCC1)N(Cc1ccc(OCC)cc1)C2=O. The molecule has 35 heavy (non-hydrogen) atoms. The molecular formula is C26H34N4O5. The monoisotopic (exact) mass is 482 g/mol. The number of ether oxygens (including phenoxy) is 2. The molecule has 0 radical (unpaired) electrons. The summed E-state index contributed by atoms with van der Waals surface area (Å²) in [6, 6.07) is 9.06. The van der Waals surface area contributed by atoms with Crippen LogP contribution in [-0.2, 0) is 22.6 Å². The number of hydrogen-bond acceptors (Lipinski definition) is 6. The van der Waals surface area contributed by atoms with Gasteiger partial charge in [-0.15, -0.1) is 0 Å². The Bertz CT molecular complexity index is 1070. The summed E-state index contributed by atoms with van der Waals surface area (Å²) in [5, 5.41) is 7.50. The van der Waals surface area contributed by atoms with Crippen molar-refractivity contribution in [3.63, 3.8) is 0 Å². The molecular weight excluding hydrogens is 448 g/mol. The van der Waals surface area contributed by atoms with Gasteiger partial charge in [-0.25, -0.2) is 4.79 Å². The molecule has 1 saturated carbocycles. The predicted octanol–water partition coefficient (Wildman–Crippen LogP) is 3.32. The first kappa shape index (κ1) is 24.8. The fourth-order valence-electron chi connectivity index (χ4n) is 4.82. The van der Waals surface area contributed by atoms with Gasteiger partial charge in [0.25, 0.3) is 5.91 Å². The van der Waals surface area contributed by atoms with Crippen molar-refractivity contribution in [3.05, 3.63) is 47.3 Å². The number of nitrogens with one attached hydrogen (secondary N) is 1. The highest BCUT2D eigenvalue weighted by atomic mass is 16.5. The minimum Gasteiger partial charge on any atom is -0.494 e. The fourth-order valence-corrected chi connectivity index (χ4v) is 4.82. The number of carbonyl (C=O) groups excluding carboxylic acids is 3. The lowest BCUT2D eigenvalue weighted by atomic mass is 9.91. The second kappa shape index (κ2) is 10.5. The molecule has 2 heterocycles. The van der Waals surface area contributed by atoms with Crippen LogP contribution >= 0.6 is 0 Å². The third-order valence-corrected chi connectivity index (χ3v) is 6.79. The number of fused-ring (bicyclic) bond motifs is 1. The number of rotatable bonds is 8. The summed E-state index contributed by atoms with van der Waals surface area (Å²) >= 11 is 0. The molecule has 0 saturated heterocycles. The summed E-state index contributed by atoms with van der Waals surface area (Å²) in [5.41, 5.74) is 0.0186. The van der Waals surface area contributed by atoms with Gasteiger partial charge >= 0.3 is 5.97 Å². The summed E-state index contributed by atoms with van der Waals surface area (Å²) in [4.78, 5) is 41.2. The smallest absolute Gasteiger partial charge is 0.358 e. The van der Waals surface area contributed by atoms with Crippen LogP contribution in [0.5, 0.6) is 5.75 Å². The van der Waals surface area contributed by atoms with Crippen LogP contribution in [0, 0.1) is 0 Å². The van der Waals surface area contributed by atoms with Crippen LogP contribution in [0.15, 0.2) is 30.3 Å². The Morgan fingerprint density at radius 2 is 1.83 bits per heavy atom. The van der Waals surface area contributed by atoms with E-state index in [-0.39, 0.29) is 48.9 Å². The van der Waals surface area contributed by atoms with E-state index in [4.69, 9.17) is 9.47 Å². The maximum absolute atomic E-state index is 13.7. The van der Waals surface area contributed by atoms with E-state index in [9.17, 15) is 14.4 Å². The highest BCUT2D eigenvalue weighted by molar-refractivity contribution is 6.01. The number of hydrogen-bond donors (Lipinski definition) is 1. The molecule has 0 spiro atoms. The molecule has 9 heteroatoms. The molecule has 1 aromatic carbocycles. The molecule has 0 unspecified atom stereocenters. The molecule has 2 aromatic rings. The number of aromatic nitrogens is 2. The standard InChI is InChI=1S/C26H34N4O5/c1-4-34-20-13-11-18(12-14-20)16-29-23(31)22-15-21(24(32)35-5-2)28-30(22)17-26(29,3)25(33)27-19-9-7-6-8-10-19/h11-15,19H,4-10,16-17H2,1-3H3,(H,27,33)/t26-/m1/s1. The van der Waals surface area contributed by atoms with Gasteiger partial charge in [0.2, 0.25) is 5.91 Å². The zero-order chi connectivity index (χ0) is 25.0. The molecule has 1 atom stereocenters. The lowest BCUT2D eigenvalue weighted by molar-refractivity contribution is -0.134. The first-order chi connectivity index (χ1) is 16.9. The minimum absolute atomic E-state index is 0.0631. The van der Waals surface area contributed by atoms with Gasteiger partial charge in [-0.1, -0.05) is 31.4 Å². The van der Waals surface area contributed by atoms with Gasteiger partial charge in [0.1, 0.15) is 17.0 Å². The van der Waals surface area contributed by atoms with Crippen LogP contribution < -0.4 is 10.1 Å². The summed E-state index contributed by atoms with van der Waals surface area (Å²) in [6.45, 7) is 6.56. The molecule has 1 aliphatic carbocycles. The number of carbonyl (C=O) groups is 3. The normalized spacial score (nSPS) is 20.3. The van der Waals surface area contributed by atoms with Gasteiger partial charge < -0.3 is 19.7 Å². The summed E-state index contributed by atoms with van der Waals surface area (Å²) in [5.74, 6) is -0.401. The zero-order valence-electron chi connectivity index (χ0n) is 20.7. The van der Waals surface area contributed by atoms with Gasteiger partial charge in [-0.3, -0.25) is 14.3 Å². The van der Waals surface area contributed by atoms with Crippen molar-refractivity contribution in [1.82, 2.24) is 20.0 Å². The van der Waals surface area contributed by atoms with Crippen LogP contribution in [0.2, 0.25) is 0 Å². The highest BCUT2D eigenvalue weighted by Gasteiger charge is 2.48. The first-order valence-corrected chi connectivity index (χ1v) is 12.5. The van der Waals surface area contributed by atoms with Crippen LogP contribution in [0.4, 0.5) is 0 Å². The van der Waals surface area contributed by atoms with Crippen molar-refractivity contribution in [2.24, 2.45) is 0 Å². The zero-order valence-corrected chi connectivity index (χ0v) is 20.7. The largest absolute Gasteiger partial charge is 0.494 e. The van der Waals surface area contributed by atoms with Crippen molar-refractivity contribution in [3.8, 4) is 5.75 Å². The molecule has 1 fully saturated rings. The van der Waals surface area contributed by atoms with Gasteiger partial charge in [-0.2, -0.15) is 5.10 Å². The summed E-state index contributed by atoms with van der Waals surface area (Å²) in [6.07, 6.45) is 5.23. The second-order valence-electron chi connectivity index (χ2n) is 9.34. The Kier molecular flexibility index (Phi) is 7.42. The van der Waals surface area contributed by atoms with E-state index in [1.807, 2.05) is 31.2 Å². The number of nitrogens with zero attached hydrogens (tertiary/aromatic N) is 3. The van der Waals surface area contributed by atoms with Crippen molar-refractivity contribution in [2.45, 2.75) is 77.5 Å². The average Bonchev–Trinajstić information content (AvgIpc) is 3.28. The van der Waals surface area contributed by atoms with Crippen molar-refractivity contribution in [2.75, 3.05) is 13.2 Å². The molecule has 2 amide bonds. The number of amides is 2. The molecule has 2 aliphatic rings. The van der Waals surface area contributed by atoms with Crippen LogP contribution in [0.25, 0.3) is 0 Å². The summed E-state index contributed by atoms with van der Waals surface area (Å²) in [7, 11) is 0. The van der Waals surface area contributed by atoms with Crippen molar-refractivity contribution in [1.29, 1.82) is 0 Å². The van der Waals surface area contributed by atoms with Crippen LogP contribution in [0.3, 0.4) is 0 Å². The van der Waals surface area contributed by atoms with Crippen molar-refractivity contribution < 1.29 is 23.9 Å². The molecule has 1 aliphatic heterocycles. The average molecular weight is 483 g/mol. The lowest BCUT2D eigenvalue weighted by Crippen LogP contribution is -2.64. The maximum atomic E-state index is 13.7. The van der Waals surface area contributed by atoms with Gasteiger partial charge in [0.05, 0.1) is 19.8 Å². The van der Waals surface area contributed by atoms with Crippen LogP contribution in [-0.4, -0.2) is 57.3 Å². The molecule has 4 rings (SSSR count). The molecule has 188 valence electrons. The lowest BCUT2D eigenvalue weighted by Gasteiger charge is -2.44. The highest BCUT2D eigenvalue weighted by Crippen LogP contribution is 2.31. The van der Waals surface area contributed by atoms with Crippen LogP contribution in [0.1, 0.15) is 79.4 Å². The molecule has 1 aromatic heterocycles. The Labute approximate surface area is 205 Å². The summed E-state index contributed by atoms with van der Waals surface area (Å²) < 4.78 is 12.1. The topological polar surface area (TPSA) is 103 Å². The number of esters is 1. The van der Waals surface area contributed by atoms with Crippen molar-refractivity contribution >= 4 is 17.8 Å². The first-order valence-electron chi connectivity index (χ1n) is 12.5. The predicted molar refractivity (Wildman–Crippen MR) is 129 cm³/mol. The van der Waals surface area contributed by atoms with E-state index in [1.165, 1.54) is 17.2 Å². The molecule has 0 bridgehead atoms. The van der Waals surface area contributed by atoms with Gasteiger partial charge in [0.15, 0.2) is 5.69 Å². The van der Waals surface area contributed by atoms with E-state index in [2.05, 4.69) is 10.4 Å². The Morgan fingerprint density at radius 3 is 2.49 bits per heavy atom. The molecule has 1 N–H and O–H groups in total. The Morgan fingerprint density at radius 1 is 1.11 bits per heavy atom.